The summed E-state index contributed by atoms with van der Waals surface area (Å²) < 4.78 is 0. The van der Waals surface area contributed by atoms with E-state index in [2.05, 4.69) is 45.1 Å². The van der Waals surface area contributed by atoms with Gasteiger partial charge in [-0.15, -0.1) is 0 Å². The summed E-state index contributed by atoms with van der Waals surface area (Å²) in [6.07, 6.45) is 0. The second-order valence-electron chi connectivity index (χ2n) is 4.27. The lowest BCUT2D eigenvalue weighted by Crippen LogP contribution is -2.12. The molecule has 0 fully saturated rings. The minimum absolute atomic E-state index is 0.579. The Kier molecular flexibility index (Phi) is 1.83. The molecule has 0 saturated heterocycles. The molecule has 70 valence electrons. The third-order valence-corrected chi connectivity index (χ3v) is 3.12. The van der Waals surface area contributed by atoms with Crippen LogP contribution in [0.5, 0.6) is 0 Å². The Morgan fingerprint density at radius 3 is 2.54 bits per heavy atom. The van der Waals surface area contributed by atoms with Crippen LogP contribution >= 0.6 is 0 Å². The average Bonchev–Trinajstić information content (AvgIpc) is 2.32. The smallest absolute Gasteiger partial charge is 0.0408 e. The van der Waals surface area contributed by atoms with E-state index in [9.17, 15) is 0 Å². The molecular weight excluding hydrogens is 158 g/mol. The maximum Gasteiger partial charge on any atom is 0.0408 e. The molecule has 1 N–H and O–H groups in total. The predicted molar refractivity (Wildman–Crippen MR) is 57.4 cm³/mol. The first kappa shape index (κ1) is 8.61. The van der Waals surface area contributed by atoms with Crippen molar-refractivity contribution < 1.29 is 0 Å². The van der Waals surface area contributed by atoms with Crippen molar-refractivity contribution >= 4 is 5.69 Å². The lowest BCUT2D eigenvalue weighted by Gasteiger charge is -2.08. The second-order valence-corrected chi connectivity index (χ2v) is 4.27. The fourth-order valence-corrected chi connectivity index (χ4v) is 2.18. The fourth-order valence-electron chi connectivity index (χ4n) is 2.18. The van der Waals surface area contributed by atoms with Crippen molar-refractivity contribution in [3.63, 3.8) is 0 Å². The van der Waals surface area contributed by atoms with Gasteiger partial charge in [0.15, 0.2) is 0 Å². The molecule has 1 aliphatic rings. The number of aryl methyl sites for hydroxylation is 2. The van der Waals surface area contributed by atoms with Gasteiger partial charge in [-0.05, 0) is 31.9 Å². The summed E-state index contributed by atoms with van der Waals surface area (Å²) in [5.74, 6) is 0.647. The molecular formula is C12H17N. The van der Waals surface area contributed by atoms with Gasteiger partial charge in [0, 0.05) is 17.6 Å². The SMILES string of the molecule is Cc1cc(C)c2c(c1)C(C)C(C)N2. The molecule has 1 aromatic carbocycles. The third kappa shape index (κ3) is 1.23. The summed E-state index contributed by atoms with van der Waals surface area (Å²) >= 11 is 0. The van der Waals surface area contributed by atoms with Crippen LogP contribution < -0.4 is 5.32 Å². The predicted octanol–water partition coefficient (Wildman–Crippen LogP) is 3.22. The van der Waals surface area contributed by atoms with Crippen LogP contribution in [0.3, 0.4) is 0 Å². The topological polar surface area (TPSA) is 12.0 Å². The van der Waals surface area contributed by atoms with Gasteiger partial charge in [-0.1, -0.05) is 24.6 Å². The van der Waals surface area contributed by atoms with Crippen LogP contribution in [0.15, 0.2) is 12.1 Å². The highest BCUT2D eigenvalue weighted by Crippen LogP contribution is 2.38. The molecule has 2 unspecified atom stereocenters. The van der Waals surface area contributed by atoms with E-state index in [0.717, 1.165) is 0 Å². The Morgan fingerprint density at radius 2 is 1.85 bits per heavy atom. The van der Waals surface area contributed by atoms with Crippen molar-refractivity contribution in [1.82, 2.24) is 0 Å². The molecule has 0 radical (unpaired) electrons. The van der Waals surface area contributed by atoms with E-state index in [1.165, 1.54) is 22.4 Å². The zero-order valence-corrected chi connectivity index (χ0v) is 8.81. The summed E-state index contributed by atoms with van der Waals surface area (Å²) in [5, 5.41) is 3.54. The number of nitrogens with one attached hydrogen (secondary N) is 1. The van der Waals surface area contributed by atoms with Gasteiger partial charge in [-0.2, -0.15) is 0 Å². The van der Waals surface area contributed by atoms with Crippen LogP contribution in [0.25, 0.3) is 0 Å². The van der Waals surface area contributed by atoms with Gasteiger partial charge < -0.3 is 5.32 Å². The van der Waals surface area contributed by atoms with E-state index in [0.29, 0.717) is 12.0 Å². The normalized spacial score (nSPS) is 25.5. The van der Waals surface area contributed by atoms with Gasteiger partial charge in [-0.3, -0.25) is 0 Å². The maximum atomic E-state index is 3.54. The highest BCUT2D eigenvalue weighted by molar-refractivity contribution is 5.64. The molecule has 0 aliphatic carbocycles. The Morgan fingerprint density at radius 1 is 1.15 bits per heavy atom. The molecule has 1 nitrogen and oxygen atoms in total. The molecule has 2 rings (SSSR count). The van der Waals surface area contributed by atoms with E-state index in [1.807, 2.05) is 0 Å². The van der Waals surface area contributed by atoms with Gasteiger partial charge in [0.05, 0.1) is 0 Å². The van der Waals surface area contributed by atoms with Crippen LogP contribution in [0.1, 0.15) is 36.5 Å². The van der Waals surface area contributed by atoms with Crippen molar-refractivity contribution in [3.8, 4) is 0 Å². The van der Waals surface area contributed by atoms with Gasteiger partial charge in [0.2, 0.25) is 0 Å². The zero-order chi connectivity index (χ0) is 9.59. The van der Waals surface area contributed by atoms with Crippen molar-refractivity contribution in [2.24, 2.45) is 0 Å². The molecule has 1 aromatic rings. The largest absolute Gasteiger partial charge is 0.382 e. The van der Waals surface area contributed by atoms with E-state index in [4.69, 9.17) is 0 Å². The molecule has 0 bridgehead atoms. The first-order valence-corrected chi connectivity index (χ1v) is 4.97. The first-order chi connectivity index (χ1) is 6.09. The molecule has 2 atom stereocenters. The Bertz CT molecular complexity index is 341. The summed E-state index contributed by atoms with van der Waals surface area (Å²) in [7, 11) is 0. The molecule has 1 heterocycles. The molecule has 0 spiro atoms. The number of hydrogen-bond acceptors (Lipinski definition) is 1. The lowest BCUT2D eigenvalue weighted by atomic mass is 9.95. The van der Waals surface area contributed by atoms with Crippen molar-refractivity contribution in [1.29, 1.82) is 0 Å². The summed E-state index contributed by atoms with van der Waals surface area (Å²) in [5.41, 5.74) is 5.61. The van der Waals surface area contributed by atoms with Gasteiger partial charge in [0.1, 0.15) is 0 Å². The van der Waals surface area contributed by atoms with E-state index in [-0.39, 0.29) is 0 Å². The monoisotopic (exact) mass is 175 g/mol. The maximum absolute atomic E-state index is 3.54. The molecule has 1 aliphatic heterocycles. The molecule has 13 heavy (non-hydrogen) atoms. The van der Waals surface area contributed by atoms with E-state index in [1.54, 1.807) is 0 Å². The number of benzene rings is 1. The minimum atomic E-state index is 0.579. The average molecular weight is 175 g/mol. The second kappa shape index (κ2) is 2.76. The summed E-state index contributed by atoms with van der Waals surface area (Å²) in [4.78, 5) is 0. The van der Waals surface area contributed by atoms with Crippen molar-refractivity contribution in [3.05, 3.63) is 28.8 Å². The quantitative estimate of drug-likeness (QED) is 0.638. The van der Waals surface area contributed by atoms with Crippen molar-refractivity contribution in [2.75, 3.05) is 5.32 Å². The number of rotatable bonds is 0. The summed E-state index contributed by atoms with van der Waals surface area (Å²) in [6, 6.07) is 5.13. The minimum Gasteiger partial charge on any atom is -0.382 e. The van der Waals surface area contributed by atoms with Gasteiger partial charge >= 0.3 is 0 Å². The third-order valence-electron chi connectivity index (χ3n) is 3.12. The van der Waals surface area contributed by atoms with Gasteiger partial charge in [0.25, 0.3) is 0 Å². The lowest BCUT2D eigenvalue weighted by molar-refractivity contribution is 0.690. The van der Waals surface area contributed by atoms with Crippen LogP contribution in [0.2, 0.25) is 0 Å². The van der Waals surface area contributed by atoms with E-state index >= 15 is 0 Å². The molecule has 0 aromatic heterocycles. The highest BCUT2D eigenvalue weighted by Gasteiger charge is 2.26. The van der Waals surface area contributed by atoms with Crippen LogP contribution in [0, 0.1) is 13.8 Å². The van der Waals surface area contributed by atoms with Crippen LogP contribution in [-0.4, -0.2) is 6.04 Å². The highest BCUT2D eigenvalue weighted by atomic mass is 15.0. The zero-order valence-electron chi connectivity index (χ0n) is 8.81. The first-order valence-electron chi connectivity index (χ1n) is 4.97. The Labute approximate surface area is 80.2 Å². The summed E-state index contributed by atoms with van der Waals surface area (Å²) in [6.45, 7) is 8.90. The fraction of sp³-hybridized carbons (Fsp3) is 0.500. The van der Waals surface area contributed by atoms with E-state index < -0.39 is 0 Å². The number of fused-ring (bicyclic) bond motifs is 1. The standard InChI is InChI=1S/C12H17N/c1-7-5-8(2)12-11(6-7)9(3)10(4)13-12/h5-6,9-10,13H,1-4H3. The van der Waals surface area contributed by atoms with Crippen molar-refractivity contribution in [2.45, 2.75) is 39.7 Å². The molecule has 0 amide bonds. The number of hydrogen-bond donors (Lipinski definition) is 1. The van der Waals surface area contributed by atoms with Gasteiger partial charge in [-0.25, -0.2) is 0 Å². The van der Waals surface area contributed by atoms with Crippen LogP contribution in [-0.2, 0) is 0 Å². The number of anilines is 1. The van der Waals surface area contributed by atoms with Crippen LogP contribution in [0.4, 0.5) is 5.69 Å². The molecule has 0 saturated carbocycles. The molecule has 1 heteroatoms. The Hall–Kier alpha value is -0.980. The Balaban J connectivity index is 2.57.